The monoisotopic (exact) mass is 217 g/mol. The third kappa shape index (κ3) is 2.87. The van der Waals surface area contributed by atoms with Crippen molar-refractivity contribution in [2.45, 2.75) is 19.1 Å². The van der Waals surface area contributed by atoms with Crippen LogP contribution < -0.4 is 10.5 Å². The molecule has 2 atom stereocenters. The van der Waals surface area contributed by atoms with E-state index in [0.717, 1.165) is 5.56 Å². The average molecular weight is 218 g/mol. The SMILES string of the molecule is COc1ccccc1C(O)C(C)N.Cl. The van der Waals surface area contributed by atoms with Crippen LogP contribution in [-0.4, -0.2) is 18.3 Å². The minimum Gasteiger partial charge on any atom is -0.496 e. The van der Waals surface area contributed by atoms with Crippen LogP contribution in [0.25, 0.3) is 0 Å². The van der Waals surface area contributed by atoms with Gasteiger partial charge in [0.05, 0.1) is 13.2 Å². The van der Waals surface area contributed by atoms with Crippen LogP contribution in [0.2, 0.25) is 0 Å². The number of nitrogens with two attached hydrogens (primary N) is 1. The molecule has 0 heterocycles. The Balaban J connectivity index is 0.00000169. The summed E-state index contributed by atoms with van der Waals surface area (Å²) in [5.74, 6) is 0.673. The van der Waals surface area contributed by atoms with Crippen molar-refractivity contribution in [1.82, 2.24) is 0 Å². The number of hydrogen-bond donors (Lipinski definition) is 2. The van der Waals surface area contributed by atoms with Gasteiger partial charge in [-0.05, 0) is 13.0 Å². The highest BCUT2D eigenvalue weighted by atomic mass is 35.5. The van der Waals surface area contributed by atoms with Gasteiger partial charge in [0.15, 0.2) is 0 Å². The van der Waals surface area contributed by atoms with Gasteiger partial charge in [-0.25, -0.2) is 0 Å². The van der Waals surface area contributed by atoms with E-state index >= 15 is 0 Å². The summed E-state index contributed by atoms with van der Waals surface area (Å²) in [6.07, 6.45) is -0.670. The van der Waals surface area contributed by atoms with E-state index < -0.39 is 6.10 Å². The largest absolute Gasteiger partial charge is 0.496 e. The maximum atomic E-state index is 9.70. The fourth-order valence-electron chi connectivity index (χ4n) is 1.19. The number of halogens is 1. The molecule has 0 fully saturated rings. The molecule has 3 nitrogen and oxygen atoms in total. The zero-order valence-corrected chi connectivity index (χ0v) is 9.12. The summed E-state index contributed by atoms with van der Waals surface area (Å²) in [6, 6.07) is 7.03. The van der Waals surface area contributed by atoms with Crippen molar-refractivity contribution < 1.29 is 9.84 Å². The number of hydrogen-bond acceptors (Lipinski definition) is 3. The number of para-hydroxylation sites is 1. The van der Waals surface area contributed by atoms with Gasteiger partial charge >= 0.3 is 0 Å². The fourth-order valence-corrected chi connectivity index (χ4v) is 1.19. The van der Waals surface area contributed by atoms with Gasteiger partial charge in [-0.3, -0.25) is 0 Å². The van der Waals surface area contributed by atoms with Crippen LogP contribution in [0.1, 0.15) is 18.6 Å². The Morgan fingerprint density at radius 3 is 2.43 bits per heavy atom. The number of rotatable bonds is 3. The first-order valence-electron chi connectivity index (χ1n) is 4.23. The summed E-state index contributed by atoms with van der Waals surface area (Å²) < 4.78 is 5.10. The molecule has 0 radical (unpaired) electrons. The summed E-state index contributed by atoms with van der Waals surface area (Å²) >= 11 is 0. The standard InChI is InChI=1S/C10H15NO2.ClH/c1-7(11)10(12)8-5-3-4-6-9(8)13-2;/h3-7,10,12H,11H2,1-2H3;1H. The van der Waals surface area contributed by atoms with Gasteiger partial charge in [-0.15, -0.1) is 12.4 Å². The van der Waals surface area contributed by atoms with Crippen LogP contribution in [0, 0.1) is 0 Å². The van der Waals surface area contributed by atoms with Gasteiger partial charge < -0.3 is 15.6 Å². The molecule has 80 valence electrons. The third-order valence-electron chi connectivity index (χ3n) is 1.96. The Labute approximate surface area is 90.3 Å². The topological polar surface area (TPSA) is 55.5 Å². The van der Waals surface area contributed by atoms with Gasteiger partial charge in [-0.2, -0.15) is 0 Å². The molecule has 4 heteroatoms. The quantitative estimate of drug-likeness (QED) is 0.807. The molecule has 2 unspecified atom stereocenters. The van der Waals surface area contributed by atoms with Crippen LogP contribution in [0.5, 0.6) is 5.75 Å². The van der Waals surface area contributed by atoms with Crippen LogP contribution >= 0.6 is 12.4 Å². The minimum absolute atomic E-state index is 0. The van der Waals surface area contributed by atoms with Gasteiger partial charge in [0.25, 0.3) is 0 Å². The van der Waals surface area contributed by atoms with E-state index in [1.807, 2.05) is 18.2 Å². The molecule has 1 aromatic rings. The Bertz CT molecular complexity index is 279. The molecule has 0 aliphatic rings. The first-order chi connectivity index (χ1) is 6.16. The lowest BCUT2D eigenvalue weighted by Crippen LogP contribution is -2.24. The van der Waals surface area contributed by atoms with Crippen LogP contribution in [0.15, 0.2) is 24.3 Å². The highest BCUT2D eigenvalue weighted by molar-refractivity contribution is 5.85. The molecule has 0 aliphatic carbocycles. The number of aliphatic hydroxyl groups is 1. The Hall–Kier alpha value is -0.770. The molecular weight excluding hydrogens is 202 g/mol. The van der Waals surface area contributed by atoms with Crippen molar-refractivity contribution in [2.24, 2.45) is 5.73 Å². The van der Waals surface area contributed by atoms with E-state index in [1.54, 1.807) is 20.1 Å². The summed E-state index contributed by atoms with van der Waals surface area (Å²) in [4.78, 5) is 0. The smallest absolute Gasteiger partial charge is 0.124 e. The zero-order valence-electron chi connectivity index (χ0n) is 8.31. The van der Waals surface area contributed by atoms with E-state index in [-0.39, 0.29) is 18.4 Å². The molecule has 1 rings (SSSR count). The molecule has 1 aromatic carbocycles. The maximum absolute atomic E-state index is 9.70. The van der Waals surface area contributed by atoms with Gasteiger partial charge in [0, 0.05) is 11.6 Å². The number of benzene rings is 1. The Morgan fingerprint density at radius 1 is 1.36 bits per heavy atom. The minimum atomic E-state index is -0.670. The maximum Gasteiger partial charge on any atom is 0.124 e. The summed E-state index contributed by atoms with van der Waals surface area (Å²) in [5, 5.41) is 9.70. The summed E-state index contributed by atoms with van der Waals surface area (Å²) in [7, 11) is 1.58. The van der Waals surface area contributed by atoms with Gasteiger partial charge in [0.2, 0.25) is 0 Å². The lowest BCUT2D eigenvalue weighted by atomic mass is 10.0. The van der Waals surface area contributed by atoms with Crippen molar-refractivity contribution in [3.05, 3.63) is 29.8 Å². The van der Waals surface area contributed by atoms with E-state index in [4.69, 9.17) is 10.5 Å². The van der Waals surface area contributed by atoms with Gasteiger partial charge in [-0.1, -0.05) is 18.2 Å². The van der Waals surface area contributed by atoms with Crippen molar-refractivity contribution in [3.8, 4) is 5.75 Å². The molecule has 0 saturated carbocycles. The zero-order chi connectivity index (χ0) is 9.84. The van der Waals surface area contributed by atoms with Crippen molar-refractivity contribution in [1.29, 1.82) is 0 Å². The predicted molar refractivity (Wildman–Crippen MR) is 58.9 cm³/mol. The van der Waals surface area contributed by atoms with E-state index in [9.17, 15) is 5.11 Å². The first-order valence-corrected chi connectivity index (χ1v) is 4.23. The Kier molecular flexibility index (Phi) is 5.53. The van der Waals surface area contributed by atoms with Crippen LogP contribution in [-0.2, 0) is 0 Å². The molecule has 3 N–H and O–H groups in total. The Morgan fingerprint density at radius 2 is 1.93 bits per heavy atom. The second kappa shape index (κ2) is 5.86. The second-order valence-electron chi connectivity index (χ2n) is 3.05. The third-order valence-corrected chi connectivity index (χ3v) is 1.96. The van der Waals surface area contributed by atoms with Crippen LogP contribution in [0.4, 0.5) is 0 Å². The van der Waals surface area contributed by atoms with E-state index in [0.29, 0.717) is 5.75 Å². The molecule has 14 heavy (non-hydrogen) atoms. The number of methoxy groups -OCH3 is 1. The summed E-state index contributed by atoms with van der Waals surface area (Å²) in [5.41, 5.74) is 6.32. The van der Waals surface area contributed by atoms with Crippen molar-refractivity contribution in [3.63, 3.8) is 0 Å². The molecule has 0 amide bonds. The first kappa shape index (κ1) is 13.2. The molecule has 0 bridgehead atoms. The van der Waals surface area contributed by atoms with Crippen molar-refractivity contribution >= 4 is 12.4 Å². The lowest BCUT2D eigenvalue weighted by Gasteiger charge is -2.17. The normalized spacial score (nSPS) is 14.0. The predicted octanol–water partition coefficient (Wildman–Crippen LogP) is 1.50. The fraction of sp³-hybridized carbons (Fsp3) is 0.400. The average Bonchev–Trinajstić information content (AvgIpc) is 2.16. The highest BCUT2D eigenvalue weighted by Gasteiger charge is 2.15. The number of aliphatic hydroxyl groups excluding tert-OH is 1. The lowest BCUT2D eigenvalue weighted by molar-refractivity contribution is 0.149. The molecule has 0 spiro atoms. The summed E-state index contributed by atoms with van der Waals surface area (Å²) in [6.45, 7) is 1.76. The molecular formula is C10H16ClNO2. The van der Waals surface area contributed by atoms with Gasteiger partial charge in [0.1, 0.15) is 5.75 Å². The molecule has 0 aromatic heterocycles. The molecule has 0 saturated heterocycles. The highest BCUT2D eigenvalue weighted by Crippen LogP contribution is 2.25. The van der Waals surface area contributed by atoms with E-state index in [1.165, 1.54) is 0 Å². The number of ether oxygens (including phenoxy) is 1. The van der Waals surface area contributed by atoms with Crippen LogP contribution in [0.3, 0.4) is 0 Å². The molecule has 0 aliphatic heterocycles. The second-order valence-corrected chi connectivity index (χ2v) is 3.05. The van der Waals surface area contributed by atoms with E-state index in [2.05, 4.69) is 0 Å². The van der Waals surface area contributed by atoms with Crippen molar-refractivity contribution in [2.75, 3.05) is 7.11 Å².